The van der Waals surface area contributed by atoms with Crippen LogP contribution in [0, 0.1) is 0 Å². The maximum atomic E-state index is 12.0. The van der Waals surface area contributed by atoms with E-state index < -0.39 is 11.9 Å². The summed E-state index contributed by atoms with van der Waals surface area (Å²) in [5, 5.41) is 19.2. The van der Waals surface area contributed by atoms with Crippen molar-refractivity contribution >= 4 is 11.9 Å². The molecule has 0 saturated heterocycles. The molecule has 1 aliphatic carbocycles. The summed E-state index contributed by atoms with van der Waals surface area (Å²) in [7, 11) is 3.29. The third-order valence-electron chi connectivity index (χ3n) is 8.30. The fourth-order valence-corrected chi connectivity index (χ4v) is 5.97. The molecule has 47 heavy (non-hydrogen) atoms. The number of benzene rings is 3. The summed E-state index contributed by atoms with van der Waals surface area (Å²) in [5.41, 5.74) is 10.0. The van der Waals surface area contributed by atoms with Gasteiger partial charge in [-0.3, -0.25) is 9.97 Å². The fraction of sp³-hybridized carbons (Fsp3) is 0.0789. The van der Waals surface area contributed by atoms with Crippen molar-refractivity contribution in [1.82, 2.24) is 15.0 Å². The quantitative estimate of drug-likeness (QED) is 0.177. The molecule has 1 aliphatic rings. The van der Waals surface area contributed by atoms with Gasteiger partial charge in [0.25, 0.3) is 0 Å². The van der Waals surface area contributed by atoms with Crippen LogP contribution in [0.25, 0.3) is 56.2 Å². The number of aromatic nitrogens is 3. The van der Waals surface area contributed by atoms with E-state index in [4.69, 9.17) is 9.47 Å². The number of aromatic carboxylic acids is 2. The Hall–Kier alpha value is -6.35. The van der Waals surface area contributed by atoms with Gasteiger partial charge < -0.3 is 19.7 Å². The summed E-state index contributed by atoms with van der Waals surface area (Å²) >= 11 is 0. The van der Waals surface area contributed by atoms with Gasteiger partial charge in [-0.1, -0.05) is 36.4 Å². The molecular formula is C38H27N3O6. The van der Waals surface area contributed by atoms with Crippen LogP contribution in [-0.2, 0) is 6.42 Å². The van der Waals surface area contributed by atoms with Crippen molar-refractivity contribution in [2.45, 2.75) is 6.42 Å². The summed E-state index contributed by atoms with van der Waals surface area (Å²) in [6, 6.07) is 28.0. The van der Waals surface area contributed by atoms with Crippen molar-refractivity contribution in [3.05, 3.63) is 126 Å². The smallest absolute Gasteiger partial charge is 0.335 e. The summed E-state index contributed by atoms with van der Waals surface area (Å²) < 4.78 is 11.0. The zero-order chi connectivity index (χ0) is 32.7. The van der Waals surface area contributed by atoms with Crippen LogP contribution in [0.3, 0.4) is 0 Å². The highest BCUT2D eigenvalue weighted by Gasteiger charge is 2.21. The molecule has 3 aromatic heterocycles. The number of carboxylic acid groups (broad SMARTS) is 2. The zero-order valence-electron chi connectivity index (χ0n) is 25.4. The van der Waals surface area contributed by atoms with E-state index in [2.05, 4.69) is 51.4 Å². The molecule has 230 valence electrons. The van der Waals surface area contributed by atoms with E-state index in [0.717, 1.165) is 40.2 Å². The van der Waals surface area contributed by atoms with Gasteiger partial charge in [0.1, 0.15) is 11.5 Å². The third kappa shape index (κ3) is 5.55. The van der Waals surface area contributed by atoms with Crippen LogP contribution in [0.15, 0.2) is 103 Å². The van der Waals surface area contributed by atoms with E-state index >= 15 is 0 Å². The van der Waals surface area contributed by atoms with Crippen molar-refractivity contribution in [1.29, 1.82) is 0 Å². The van der Waals surface area contributed by atoms with Crippen LogP contribution in [0.1, 0.15) is 31.8 Å². The Kier molecular flexibility index (Phi) is 7.41. The van der Waals surface area contributed by atoms with Crippen LogP contribution >= 0.6 is 0 Å². The van der Waals surface area contributed by atoms with E-state index in [1.165, 1.54) is 52.7 Å². The first-order chi connectivity index (χ1) is 22.8. The molecule has 0 atom stereocenters. The minimum absolute atomic E-state index is 0.0124. The molecule has 0 radical (unpaired) electrons. The molecule has 0 saturated carbocycles. The van der Waals surface area contributed by atoms with E-state index in [9.17, 15) is 19.8 Å². The van der Waals surface area contributed by atoms with Crippen LogP contribution in [-0.4, -0.2) is 51.3 Å². The molecule has 2 N–H and O–H groups in total. The first-order valence-electron chi connectivity index (χ1n) is 14.7. The molecule has 0 bridgehead atoms. The Balaban J connectivity index is 1.21. The molecule has 0 amide bonds. The molecule has 3 aromatic carbocycles. The SMILES string of the molecule is COc1ccc(-c2ccc3c(c2)Cc2cc(-c4ccnc(-c5cc(C(=O)O)cc(-c6cc(C(=O)O)ccn6)n5)c4)ccc2-3)c(OC)c1. The van der Waals surface area contributed by atoms with Crippen LogP contribution in [0.4, 0.5) is 0 Å². The topological polar surface area (TPSA) is 132 Å². The Morgan fingerprint density at radius 3 is 1.81 bits per heavy atom. The van der Waals surface area contributed by atoms with Crippen molar-refractivity contribution in [3.8, 4) is 67.7 Å². The van der Waals surface area contributed by atoms with Gasteiger partial charge in [-0.2, -0.15) is 0 Å². The molecule has 0 fully saturated rings. The van der Waals surface area contributed by atoms with E-state index in [1.54, 1.807) is 20.4 Å². The van der Waals surface area contributed by atoms with Crippen LogP contribution in [0.5, 0.6) is 11.5 Å². The number of carbonyl (C=O) groups is 2. The Bertz CT molecular complexity index is 2230. The Labute approximate surface area is 269 Å². The second-order valence-corrected chi connectivity index (χ2v) is 11.1. The number of pyridine rings is 3. The lowest BCUT2D eigenvalue weighted by Crippen LogP contribution is -2.02. The highest BCUT2D eigenvalue weighted by atomic mass is 16.5. The summed E-state index contributed by atoms with van der Waals surface area (Å²) in [4.78, 5) is 36.9. The number of nitrogens with zero attached hydrogens (tertiary/aromatic N) is 3. The molecule has 0 spiro atoms. The standard InChI is InChI=1S/C38H27N3O6/c1-46-28-5-8-31(36(20-28)47-2)23-4-7-30-26(14-23)15-25-13-21(3-6-29(25)30)22-9-11-39-32(16-22)34-18-27(38(44)45)19-35(41-34)33-17-24(37(42)43)10-12-40-33/h3-14,16-20H,15H2,1-2H3,(H,42,43)(H,44,45). The maximum absolute atomic E-state index is 12.0. The molecular weight excluding hydrogens is 594 g/mol. The van der Waals surface area contributed by atoms with E-state index in [0.29, 0.717) is 11.4 Å². The molecule has 0 unspecified atom stereocenters. The van der Waals surface area contributed by atoms with Gasteiger partial charge in [0.2, 0.25) is 0 Å². The minimum Gasteiger partial charge on any atom is -0.497 e. The summed E-state index contributed by atoms with van der Waals surface area (Å²) in [6.07, 6.45) is 3.80. The van der Waals surface area contributed by atoms with Gasteiger partial charge in [0, 0.05) is 24.0 Å². The lowest BCUT2D eigenvalue weighted by molar-refractivity contribution is 0.0686. The first-order valence-corrected chi connectivity index (χ1v) is 14.7. The first kappa shape index (κ1) is 29.4. The molecule has 3 heterocycles. The maximum Gasteiger partial charge on any atom is 0.335 e. The number of carboxylic acids is 2. The second-order valence-electron chi connectivity index (χ2n) is 11.1. The normalized spacial score (nSPS) is 11.4. The summed E-state index contributed by atoms with van der Waals surface area (Å²) in [6.45, 7) is 0. The number of fused-ring (bicyclic) bond motifs is 3. The van der Waals surface area contributed by atoms with Gasteiger partial charge in [-0.05, 0) is 93.9 Å². The van der Waals surface area contributed by atoms with Crippen molar-refractivity contribution in [2.24, 2.45) is 0 Å². The molecule has 6 aromatic rings. The average Bonchev–Trinajstić information content (AvgIpc) is 3.48. The van der Waals surface area contributed by atoms with Gasteiger partial charge >= 0.3 is 11.9 Å². The van der Waals surface area contributed by atoms with Gasteiger partial charge in [0.05, 0.1) is 48.1 Å². The number of ether oxygens (including phenoxy) is 2. The molecule has 7 rings (SSSR count). The Morgan fingerprint density at radius 2 is 1.15 bits per heavy atom. The van der Waals surface area contributed by atoms with Crippen molar-refractivity contribution in [3.63, 3.8) is 0 Å². The monoisotopic (exact) mass is 621 g/mol. The number of hydrogen-bond donors (Lipinski definition) is 2. The van der Waals surface area contributed by atoms with Gasteiger partial charge in [-0.25, -0.2) is 14.6 Å². The molecule has 9 heteroatoms. The summed E-state index contributed by atoms with van der Waals surface area (Å²) in [5.74, 6) is -0.782. The van der Waals surface area contributed by atoms with Crippen molar-refractivity contribution < 1.29 is 29.3 Å². The fourth-order valence-electron chi connectivity index (χ4n) is 5.97. The lowest BCUT2D eigenvalue weighted by atomic mass is 9.97. The Morgan fingerprint density at radius 1 is 0.574 bits per heavy atom. The lowest BCUT2D eigenvalue weighted by Gasteiger charge is -2.12. The van der Waals surface area contributed by atoms with Crippen LogP contribution < -0.4 is 9.47 Å². The highest BCUT2D eigenvalue weighted by molar-refractivity contribution is 5.92. The largest absolute Gasteiger partial charge is 0.497 e. The zero-order valence-corrected chi connectivity index (χ0v) is 25.4. The van der Waals surface area contributed by atoms with E-state index in [1.807, 2.05) is 30.3 Å². The highest BCUT2D eigenvalue weighted by Crippen LogP contribution is 2.42. The predicted molar refractivity (Wildman–Crippen MR) is 177 cm³/mol. The predicted octanol–water partition coefficient (Wildman–Crippen LogP) is 7.52. The third-order valence-corrected chi connectivity index (χ3v) is 8.30. The van der Waals surface area contributed by atoms with Gasteiger partial charge in [0.15, 0.2) is 0 Å². The van der Waals surface area contributed by atoms with Crippen molar-refractivity contribution in [2.75, 3.05) is 14.2 Å². The number of rotatable bonds is 8. The minimum atomic E-state index is -1.15. The second kappa shape index (κ2) is 11.9. The van der Waals surface area contributed by atoms with E-state index in [-0.39, 0.29) is 22.5 Å². The average molecular weight is 622 g/mol. The van der Waals surface area contributed by atoms with Crippen LogP contribution in [0.2, 0.25) is 0 Å². The number of methoxy groups -OCH3 is 2. The molecule has 0 aliphatic heterocycles. The van der Waals surface area contributed by atoms with Gasteiger partial charge in [-0.15, -0.1) is 0 Å². The molecule has 9 nitrogen and oxygen atoms in total. The number of hydrogen-bond acceptors (Lipinski definition) is 7.